The maximum atomic E-state index is 11.9. The van der Waals surface area contributed by atoms with Gasteiger partial charge in [0, 0.05) is 18.3 Å². The summed E-state index contributed by atoms with van der Waals surface area (Å²) >= 11 is 1.41. The number of rotatable bonds is 4. The molecular weight excluding hydrogens is 252 g/mol. The van der Waals surface area contributed by atoms with E-state index in [0.29, 0.717) is 31.6 Å². The van der Waals surface area contributed by atoms with Crippen molar-refractivity contribution >= 4 is 23.2 Å². The van der Waals surface area contributed by atoms with Gasteiger partial charge in [-0.2, -0.15) is 0 Å². The van der Waals surface area contributed by atoms with Gasteiger partial charge < -0.3 is 16.4 Å². The quantitative estimate of drug-likeness (QED) is 0.695. The number of hydrogen-bond acceptors (Lipinski definition) is 5. The minimum Gasteiger partial charge on any atom is -0.354 e. The fourth-order valence-electron chi connectivity index (χ4n) is 1.80. The van der Waals surface area contributed by atoms with Gasteiger partial charge in [0.2, 0.25) is 5.91 Å². The zero-order valence-electron chi connectivity index (χ0n) is 9.94. The monoisotopic (exact) mass is 268 g/mol. The number of carbonyl (C=O) groups excluding carboxylic acids is 2. The molecule has 2 amide bonds. The molecule has 4 N–H and O–H groups in total. The van der Waals surface area contributed by atoms with Crippen molar-refractivity contribution in [2.75, 3.05) is 13.1 Å². The van der Waals surface area contributed by atoms with Gasteiger partial charge >= 0.3 is 0 Å². The van der Waals surface area contributed by atoms with Gasteiger partial charge in [0.25, 0.3) is 5.91 Å². The maximum Gasteiger partial charge on any atom is 0.271 e. The Kier molecular flexibility index (Phi) is 4.27. The summed E-state index contributed by atoms with van der Waals surface area (Å²) in [5.74, 6) is -0.413. The second-order valence-corrected chi connectivity index (χ2v) is 5.07. The number of hydrogen-bond donors (Lipinski definition) is 3. The maximum absolute atomic E-state index is 11.9. The predicted octanol–water partition coefficient (Wildman–Crippen LogP) is -0.347. The number of nitrogens with two attached hydrogens (primary N) is 1. The molecule has 1 saturated heterocycles. The van der Waals surface area contributed by atoms with Crippen LogP contribution in [0.4, 0.5) is 0 Å². The molecule has 1 aliphatic heterocycles. The van der Waals surface area contributed by atoms with Gasteiger partial charge in [0.15, 0.2) is 0 Å². The minimum absolute atomic E-state index is 0.119. The number of amides is 2. The number of nitrogens with zero attached hydrogens (tertiary/aromatic N) is 1. The summed E-state index contributed by atoms with van der Waals surface area (Å²) in [6.45, 7) is 1.20. The molecule has 1 atom stereocenters. The van der Waals surface area contributed by atoms with Crippen molar-refractivity contribution in [3.05, 3.63) is 16.1 Å². The lowest BCUT2D eigenvalue weighted by atomic mass is 10.1. The lowest BCUT2D eigenvalue weighted by Crippen LogP contribution is -2.50. The largest absolute Gasteiger partial charge is 0.354 e. The van der Waals surface area contributed by atoms with Gasteiger partial charge in [-0.3, -0.25) is 9.59 Å². The Bertz CT molecular complexity index is 446. The van der Waals surface area contributed by atoms with E-state index in [1.807, 2.05) is 0 Å². The highest BCUT2D eigenvalue weighted by Crippen LogP contribution is 2.11. The topological polar surface area (TPSA) is 97.1 Å². The summed E-state index contributed by atoms with van der Waals surface area (Å²) in [7, 11) is 0. The van der Waals surface area contributed by atoms with Gasteiger partial charge in [-0.1, -0.05) is 0 Å². The molecule has 1 unspecified atom stereocenters. The summed E-state index contributed by atoms with van der Waals surface area (Å²) in [5.41, 5.74) is 5.79. The van der Waals surface area contributed by atoms with Crippen LogP contribution in [0, 0.1) is 0 Å². The van der Waals surface area contributed by atoms with Crippen molar-refractivity contribution in [1.82, 2.24) is 15.6 Å². The molecule has 0 aliphatic carbocycles. The number of piperidine rings is 1. The Morgan fingerprint density at radius 3 is 3.22 bits per heavy atom. The lowest BCUT2D eigenvalue weighted by molar-refractivity contribution is -0.124. The van der Waals surface area contributed by atoms with Crippen LogP contribution in [0.5, 0.6) is 0 Å². The van der Waals surface area contributed by atoms with Gasteiger partial charge in [-0.25, -0.2) is 4.98 Å². The molecule has 2 heterocycles. The summed E-state index contributed by atoms with van der Waals surface area (Å²) < 4.78 is 0. The molecule has 7 heteroatoms. The molecule has 0 radical (unpaired) electrons. The first-order valence-corrected chi connectivity index (χ1v) is 6.81. The van der Waals surface area contributed by atoms with Crippen LogP contribution < -0.4 is 16.4 Å². The van der Waals surface area contributed by atoms with Crippen LogP contribution >= 0.6 is 11.3 Å². The number of aromatic nitrogens is 1. The highest BCUT2D eigenvalue weighted by molar-refractivity contribution is 7.09. The lowest BCUT2D eigenvalue weighted by Gasteiger charge is -2.22. The average Bonchev–Trinajstić information content (AvgIpc) is 2.81. The summed E-state index contributed by atoms with van der Waals surface area (Å²) in [5, 5.41) is 7.97. The first kappa shape index (κ1) is 13.0. The van der Waals surface area contributed by atoms with E-state index in [0.717, 1.165) is 11.4 Å². The molecule has 1 aromatic heterocycles. The Balaban J connectivity index is 1.95. The van der Waals surface area contributed by atoms with Gasteiger partial charge in [0.05, 0.1) is 5.01 Å². The van der Waals surface area contributed by atoms with Crippen molar-refractivity contribution in [2.24, 2.45) is 5.73 Å². The van der Waals surface area contributed by atoms with E-state index in [4.69, 9.17) is 5.73 Å². The van der Waals surface area contributed by atoms with Crippen molar-refractivity contribution in [3.8, 4) is 0 Å². The third-order valence-corrected chi connectivity index (χ3v) is 3.64. The zero-order valence-corrected chi connectivity index (χ0v) is 10.8. The minimum atomic E-state index is -0.439. The summed E-state index contributed by atoms with van der Waals surface area (Å²) in [6.07, 6.45) is 2.23. The van der Waals surface area contributed by atoms with E-state index < -0.39 is 6.04 Å². The van der Waals surface area contributed by atoms with Crippen LogP contribution in [-0.2, 0) is 11.2 Å². The third-order valence-electron chi connectivity index (χ3n) is 2.73. The SMILES string of the molecule is NCCc1nc(C(=O)NC2CCCNC2=O)cs1. The van der Waals surface area contributed by atoms with E-state index in [1.54, 1.807) is 5.38 Å². The molecule has 1 aliphatic rings. The molecule has 98 valence electrons. The molecule has 0 bridgehead atoms. The second-order valence-electron chi connectivity index (χ2n) is 4.12. The molecule has 1 aromatic rings. The van der Waals surface area contributed by atoms with Crippen molar-refractivity contribution < 1.29 is 9.59 Å². The number of thiazole rings is 1. The fraction of sp³-hybridized carbons (Fsp3) is 0.545. The third kappa shape index (κ3) is 3.05. The van der Waals surface area contributed by atoms with E-state index in [2.05, 4.69) is 15.6 Å². The Morgan fingerprint density at radius 2 is 2.50 bits per heavy atom. The normalized spacial score (nSPS) is 19.4. The van der Waals surface area contributed by atoms with Crippen molar-refractivity contribution in [3.63, 3.8) is 0 Å². The zero-order chi connectivity index (χ0) is 13.0. The second kappa shape index (κ2) is 5.92. The van der Waals surface area contributed by atoms with Crippen molar-refractivity contribution in [2.45, 2.75) is 25.3 Å². The van der Waals surface area contributed by atoms with Gasteiger partial charge in [-0.05, 0) is 19.4 Å². The first-order chi connectivity index (χ1) is 8.70. The Labute approximate surface area is 109 Å². The van der Waals surface area contributed by atoms with E-state index in [9.17, 15) is 9.59 Å². The van der Waals surface area contributed by atoms with E-state index in [-0.39, 0.29) is 11.8 Å². The summed E-state index contributed by atoms with van der Waals surface area (Å²) in [6, 6.07) is -0.439. The molecule has 1 fully saturated rings. The first-order valence-electron chi connectivity index (χ1n) is 5.93. The molecule has 6 nitrogen and oxygen atoms in total. The van der Waals surface area contributed by atoms with Gasteiger partial charge in [0.1, 0.15) is 11.7 Å². The van der Waals surface area contributed by atoms with Crippen LogP contribution in [-0.4, -0.2) is 35.9 Å². The molecule has 18 heavy (non-hydrogen) atoms. The van der Waals surface area contributed by atoms with E-state index in [1.165, 1.54) is 11.3 Å². The Hall–Kier alpha value is -1.47. The van der Waals surface area contributed by atoms with Crippen molar-refractivity contribution in [1.29, 1.82) is 0 Å². The smallest absolute Gasteiger partial charge is 0.271 e. The average molecular weight is 268 g/mol. The summed E-state index contributed by atoms with van der Waals surface area (Å²) in [4.78, 5) is 27.6. The van der Waals surface area contributed by atoms with Crippen LogP contribution in [0.3, 0.4) is 0 Å². The Morgan fingerprint density at radius 1 is 1.67 bits per heavy atom. The van der Waals surface area contributed by atoms with E-state index >= 15 is 0 Å². The number of carbonyl (C=O) groups is 2. The molecule has 2 rings (SSSR count). The molecule has 0 aromatic carbocycles. The highest BCUT2D eigenvalue weighted by Gasteiger charge is 2.24. The molecule has 0 saturated carbocycles. The van der Waals surface area contributed by atoms with Crippen LogP contribution in [0.2, 0.25) is 0 Å². The van der Waals surface area contributed by atoms with Crippen LogP contribution in [0.1, 0.15) is 28.3 Å². The van der Waals surface area contributed by atoms with Crippen LogP contribution in [0.25, 0.3) is 0 Å². The fourth-order valence-corrected chi connectivity index (χ4v) is 2.59. The van der Waals surface area contributed by atoms with Gasteiger partial charge in [-0.15, -0.1) is 11.3 Å². The standard InChI is InChI=1S/C11H16N4O2S/c12-4-3-9-14-8(6-18-9)11(17)15-7-2-1-5-13-10(7)16/h6-7H,1-5,12H2,(H,13,16)(H,15,17). The molecule has 0 spiro atoms. The highest BCUT2D eigenvalue weighted by atomic mass is 32.1. The number of nitrogens with one attached hydrogen (secondary N) is 2. The predicted molar refractivity (Wildman–Crippen MR) is 68.4 cm³/mol. The van der Waals surface area contributed by atoms with Crippen LogP contribution in [0.15, 0.2) is 5.38 Å². The molecular formula is C11H16N4O2S.